The van der Waals surface area contributed by atoms with Gasteiger partial charge in [-0.2, -0.15) is 10.4 Å². The Morgan fingerprint density at radius 3 is 2.94 bits per heavy atom. The van der Waals surface area contributed by atoms with Gasteiger partial charge in [0.1, 0.15) is 11.6 Å². The molecule has 0 atom stereocenters. The van der Waals surface area contributed by atoms with Crippen LogP contribution in [-0.4, -0.2) is 14.6 Å². The van der Waals surface area contributed by atoms with Gasteiger partial charge in [-0.05, 0) is 18.2 Å². The van der Waals surface area contributed by atoms with Gasteiger partial charge < -0.3 is 5.73 Å². The van der Waals surface area contributed by atoms with Crippen molar-refractivity contribution in [2.24, 2.45) is 0 Å². The van der Waals surface area contributed by atoms with Gasteiger partial charge in [0.2, 0.25) is 0 Å². The van der Waals surface area contributed by atoms with E-state index in [1.807, 2.05) is 30.3 Å². The van der Waals surface area contributed by atoms with Gasteiger partial charge in [0, 0.05) is 17.4 Å². The van der Waals surface area contributed by atoms with Crippen molar-refractivity contribution in [3.8, 4) is 17.3 Å². The van der Waals surface area contributed by atoms with E-state index in [2.05, 4.69) is 16.2 Å². The van der Waals surface area contributed by atoms with E-state index < -0.39 is 0 Å². The summed E-state index contributed by atoms with van der Waals surface area (Å²) in [5.74, 6) is 0. The molecule has 2 aromatic heterocycles. The van der Waals surface area contributed by atoms with E-state index >= 15 is 0 Å². The Labute approximate surface area is 103 Å². The van der Waals surface area contributed by atoms with Crippen LogP contribution in [0.2, 0.25) is 0 Å². The molecule has 0 saturated heterocycles. The maximum absolute atomic E-state index is 8.97. The number of hydrogen-bond donors (Lipinski definition) is 1. The lowest BCUT2D eigenvalue weighted by Gasteiger charge is -2.05. The molecule has 0 amide bonds. The summed E-state index contributed by atoms with van der Waals surface area (Å²) in [6.45, 7) is 0. The van der Waals surface area contributed by atoms with E-state index in [0.717, 1.165) is 11.3 Å². The number of hydrogen-bond acceptors (Lipinski definition) is 4. The molecule has 86 valence electrons. The van der Waals surface area contributed by atoms with Crippen LogP contribution in [-0.2, 0) is 0 Å². The number of aromatic nitrogens is 3. The predicted octanol–water partition coefficient (Wildman–Crippen LogP) is 1.85. The molecular weight excluding hydrogens is 226 g/mol. The summed E-state index contributed by atoms with van der Waals surface area (Å²) >= 11 is 0. The fourth-order valence-electron chi connectivity index (χ4n) is 1.89. The molecule has 0 fully saturated rings. The highest BCUT2D eigenvalue weighted by Crippen LogP contribution is 2.22. The lowest BCUT2D eigenvalue weighted by molar-refractivity contribution is 0.948. The largest absolute Gasteiger partial charge is 0.399 e. The number of nitriles is 1. The average molecular weight is 235 g/mol. The van der Waals surface area contributed by atoms with Crippen molar-refractivity contribution in [1.82, 2.24) is 14.6 Å². The quantitative estimate of drug-likeness (QED) is 0.653. The van der Waals surface area contributed by atoms with Gasteiger partial charge in [-0.25, -0.2) is 9.50 Å². The molecule has 5 nitrogen and oxygen atoms in total. The molecule has 0 aliphatic carbocycles. The molecule has 0 bridgehead atoms. The van der Waals surface area contributed by atoms with Gasteiger partial charge in [-0.1, -0.05) is 12.1 Å². The highest BCUT2D eigenvalue weighted by molar-refractivity contribution is 5.68. The number of anilines is 1. The zero-order valence-electron chi connectivity index (χ0n) is 9.41. The summed E-state index contributed by atoms with van der Waals surface area (Å²) in [6, 6.07) is 11.4. The Balaban J connectivity index is 2.31. The molecule has 0 unspecified atom stereocenters. The Bertz CT molecular complexity index is 766. The topological polar surface area (TPSA) is 80.0 Å². The Morgan fingerprint density at radius 2 is 2.17 bits per heavy atom. The molecule has 1 aromatic carbocycles. The molecule has 2 N–H and O–H groups in total. The molecule has 18 heavy (non-hydrogen) atoms. The van der Waals surface area contributed by atoms with E-state index in [9.17, 15) is 0 Å². The molecule has 0 saturated carbocycles. The zero-order chi connectivity index (χ0) is 12.5. The predicted molar refractivity (Wildman–Crippen MR) is 67.6 cm³/mol. The Hall–Kier alpha value is -2.87. The van der Waals surface area contributed by atoms with Crippen LogP contribution in [0.3, 0.4) is 0 Å². The second-order valence-corrected chi connectivity index (χ2v) is 3.86. The minimum Gasteiger partial charge on any atom is -0.399 e. The van der Waals surface area contributed by atoms with Crippen molar-refractivity contribution in [2.75, 3.05) is 5.73 Å². The molecule has 0 aliphatic rings. The third kappa shape index (κ3) is 1.48. The second kappa shape index (κ2) is 3.86. The molecule has 3 rings (SSSR count). The number of fused-ring (bicyclic) bond motifs is 1. The van der Waals surface area contributed by atoms with Gasteiger partial charge in [0.25, 0.3) is 0 Å². The van der Waals surface area contributed by atoms with Crippen LogP contribution in [0.15, 0.2) is 42.7 Å². The van der Waals surface area contributed by atoms with Crippen LogP contribution in [0.5, 0.6) is 0 Å². The first kappa shape index (κ1) is 10.3. The van der Waals surface area contributed by atoms with Crippen LogP contribution < -0.4 is 5.73 Å². The standard InChI is InChI=1S/C13H9N5/c14-7-10-8-17-18-12(4-5-16-13(10)18)9-2-1-3-11(15)6-9/h1-6,8H,15H2. The highest BCUT2D eigenvalue weighted by atomic mass is 15.3. The summed E-state index contributed by atoms with van der Waals surface area (Å²) in [4.78, 5) is 4.17. The first-order valence-corrected chi connectivity index (χ1v) is 5.38. The van der Waals surface area contributed by atoms with Crippen LogP contribution in [0.4, 0.5) is 5.69 Å². The third-order valence-corrected chi connectivity index (χ3v) is 2.70. The molecule has 0 spiro atoms. The van der Waals surface area contributed by atoms with Crippen LogP contribution in [0, 0.1) is 11.3 Å². The first-order chi connectivity index (χ1) is 8.79. The van der Waals surface area contributed by atoms with Gasteiger partial charge in [0.15, 0.2) is 5.65 Å². The number of benzene rings is 1. The van der Waals surface area contributed by atoms with Crippen molar-refractivity contribution in [1.29, 1.82) is 5.26 Å². The summed E-state index contributed by atoms with van der Waals surface area (Å²) < 4.78 is 1.65. The first-order valence-electron chi connectivity index (χ1n) is 5.38. The van der Waals surface area contributed by atoms with E-state index in [1.54, 1.807) is 10.7 Å². The van der Waals surface area contributed by atoms with E-state index in [0.29, 0.717) is 16.9 Å². The monoisotopic (exact) mass is 235 g/mol. The van der Waals surface area contributed by atoms with E-state index in [1.165, 1.54) is 6.20 Å². The maximum atomic E-state index is 8.97. The minimum absolute atomic E-state index is 0.459. The van der Waals surface area contributed by atoms with Crippen LogP contribution in [0.25, 0.3) is 16.9 Å². The fourth-order valence-corrected chi connectivity index (χ4v) is 1.89. The van der Waals surface area contributed by atoms with Crippen molar-refractivity contribution < 1.29 is 0 Å². The van der Waals surface area contributed by atoms with Gasteiger partial charge >= 0.3 is 0 Å². The normalized spacial score (nSPS) is 10.4. The molecule has 0 aliphatic heterocycles. The number of nitrogens with two attached hydrogens (primary N) is 1. The number of nitrogen functional groups attached to an aromatic ring is 1. The van der Waals surface area contributed by atoms with E-state index in [4.69, 9.17) is 11.0 Å². The molecular formula is C13H9N5. The fraction of sp³-hybridized carbons (Fsp3) is 0. The lowest BCUT2D eigenvalue weighted by atomic mass is 10.1. The SMILES string of the molecule is N#Cc1cnn2c(-c3cccc(N)c3)ccnc12. The number of rotatable bonds is 1. The number of nitrogens with zero attached hydrogens (tertiary/aromatic N) is 4. The Kier molecular flexibility index (Phi) is 2.21. The second-order valence-electron chi connectivity index (χ2n) is 3.86. The highest BCUT2D eigenvalue weighted by Gasteiger charge is 2.09. The summed E-state index contributed by atoms with van der Waals surface area (Å²) in [7, 11) is 0. The molecule has 0 radical (unpaired) electrons. The third-order valence-electron chi connectivity index (χ3n) is 2.70. The van der Waals surface area contributed by atoms with E-state index in [-0.39, 0.29) is 0 Å². The van der Waals surface area contributed by atoms with Crippen molar-refractivity contribution in [3.63, 3.8) is 0 Å². The molecule has 2 heterocycles. The summed E-state index contributed by atoms with van der Waals surface area (Å²) in [5, 5.41) is 13.2. The van der Waals surface area contributed by atoms with Gasteiger partial charge in [-0.3, -0.25) is 0 Å². The van der Waals surface area contributed by atoms with Gasteiger partial charge in [-0.15, -0.1) is 0 Å². The average Bonchev–Trinajstić information content (AvgIpc) is 2.81. The smallest absolute Gasteiger partial charge is 0.173 e. The van der Waals surface area contributed by atoms with Crippen molar-refractivity contribution in [2.45, 2.75) is 0 Å². The lowest BCUT2D eigenvalue weighted by Crippen LogP contribution is -1.96. The van der Waals surface area contributed by atoms with Crippen molar-refractivity contribution in [3.05, 3.63) is 48.3 Å². The summed E-state index contributed by atoms with van der Waals surface area (Å²) in [6.07, 6.45) is 3.18. The Morgan fingerprint density at radius 1 is 1.28 bits per heavy atom. The van der Waals surface area contributed by atoms with Gasteiger partial charge in [0.05, 0.1) is 11.9 Å². The molecule has 3 aromatic rings. The van der Waals surface area contributed by atoms with Crippen molar-refractivity contribution >= 4 is 11.3 Å². The molecule has 5 heteroatoms. The maximum Gasteiger partial charge on any atom is 0.173 e. The van der Waals surface area contributed by atoms with Crippen LogP contribution in [0.1, 0.15) is 5.56 Å². The minimum atomic E-state index is 0.459. The summed E-state index contributed by atoms with van der Waals surface area (Å²) in [5.41, 5.74) is 9.27. The van der Waals surface area contributed by atoms with Crippen LogP contribution >= 0.6 is 0 Å². The zero-order valence-corrected chi connectivity index (χ0v) is 9.41.